The van der Waals surface area contributed by atoms with Crippen LogP contribution in [-0.2, 0) is 16.0 Å². The highest BCUT2D eigenvalue weighted by Gasteiger charge is 2.50. The molecule has 2 aliphatic heterocycles. The number of fused-ring (bicyclic) bond motifs is 1. The van der Waals surface area contributed by atoms with Gasteiger partial charge in [0, 0.05) is 36.3 Å². The lowest BCUT2D eigenvalue weighted by molar-refractivity contribution is -0.147. The van der Waals surface area contributed by atoms with Gasteiger partial charge in [-0.25, -0.2) is 0 Å². The lowest BCUT2D eigenvalue weighted by atomic mass is 9.94. The van der Waals surface area contributed by atoms with Gasteiger partial charge in [-0.3, -0.25) is 9.59 Å². The molecule has 0 radical (unpaired) electrons. The molecule has 2 atom stereocenters. The third-order valence-electron chi connectivity index (χ3n) is 4.59. The van der Waals surface area contributed by atoms with E-state index in [9.17, 15) is 9.59 Å². The monoisotopic (exact) mass is 347 g/mol. The molecular weight excluding hydrogens is 322 g/mol. The van der Waals surface area contributed by atoms with E-state index in [4.69, 9.17) is 0 Å². The fraction of sp³-hybridized carbons (Fsp3) is 0.556. The van der Waals surface area contributed by atoms with Gasteiger partial charge in [0.25, 0.3) is 5.91 Å². The van der Waals surface area contributed by atoms with Crippen LogP contribution in [0.5, 0.6) is 0 Å². The summed E-state index contributed by atoms with van der Waals surface area (Å²) in [5.41, 5.74) is 1.23. The van der Waals surface area contributed by atoms with E-state index < -0.39 is 0 Å². The molecule has 2 amide bonds. The van der Waals surface area contributed by atoms with Crippen molar-refractivity contribution in [3.63, 3.8) is 0 Å². The Kier molecular flexibility index (Phi) is 5.23. The number of β-lactam (4-membered cyclic amide) rings is 1. The predicted octanol–water partition coefficient (Wildman–Crippen LogP) is 2.35. The standard InChI is InChI=1S/C18H25N3O2S/c1-3-7-20(8-4-2)13-10-15-17(18(23)21(15)12-13)19-16(22)11-14-6-5-9-24-14/h5-6,9,12,15,17H,3-4,7-8,10-11H2,1-2H3,(H,19,22). The molecule has 1 saturated heterocycles. The molecule has 0 aliphatic carbocycles. The zero-order chi connectivity index (χ0) is 17.1. The maximum absolute atomic E-state index is 12.3. The summed E-state index contributed by atoms with van der Waals surface area (Å²) < 4.78 is 0. The molecule has 130 valence electrons. The molecule has 2 unspecified atom stereocenters. The Labute approximate surface area is 147 Å². The maximum atomic E-state index is 12.3. The molecule has 1 aromatic heterocycles. The average molecular weight is 347 g/mol. The van der Waals surface area contributed by atoms with Gasteiger partial charge in [0.1, 0.15) is 6.04 Å². The minimum absolute atomic E-state index is 0.0162. The summed E-state index contributed by atoms with van der Waals surface area (Å²) in [4.78, 5) is 29.7. The summed E-state index contributed by atoms with van der Waals surface area (Å²) in [5.74, 6) is -0.0506. The first-order valence-corrected chi connectivity index (χ1v) is 9.61. The van der Waals surface area contributed by atoms with Crippen LogP contribution in [0, 0.1) is 0 Å². The van der Waals surface area contributed by atoms with E-state index in [2.05, 4.69) is 24.1 Å². The molecule has 3 rings (SSSR count). The largest absolute Gasteiger partial charge is 0.374 e. The lowest BCUT2D eigenvalue weighted by Crippen LogP contribution is -2.67. The molecule has 0 bridgehead atoms. The SMILES string of the molecule is CCCN(CCC)C1=CN2C(=O)C(NC(=O)Cc3cccs3)C2C1. The van der Waals surface area contributed by atoms with Crippen LogP contribution in [0.1, 0.15) is 38.0 Å². The van der Waals surface area contributed by atoms with E-state index in [1.54, 1.807) is 16.2 Å². The van der Waals surface area contributed by atoms with Crippen molar-refractivity contribution >= 4 is 23.2 Å². The highest BCUT2D eigenvalue weighted by Crippen LogP contribution is 2.35. The van der Waals surface area contributed by atoms with Crippen molar-refractivity contribution in [1.82, 2.24) is 15.1 Å². The molecule has 1 aromatic rings. The van der Waals surface area contributed by atoms with E-state index in [0.717, 1.165) is 37.2 Å². The van der Waals surface area contributed by atoms with Gasteiger partial charge < -0.3 is 15.1 Å². The number of amides is 2. The van der Waals surface area contributed by atoms with Crippen molar-refractivity contribution in [3.05, 3.63) is 34.3 Å². The van der Waals surface area contributed by atoms with Gasteiger partial charge in [-0.05, 0) is 24.3 Å². The Morgan fingerprint density at radius 2 is 2.12 bits per heavy atom. The van der Waals surface area contributed by atoms with Crippen LogP contribution in [-0.4, -0.2) is 46.8 Å². The van der Waals surface area contributed by atoms with Gasteiger partial charge in [0.15, 0.2) is 0 Å². The number of thiophene rings is 1. The summed E-state index contributed by atoms with van der Waals surface area (Å²) in [6, 6.07) is 3.61. The molecule has 2 aliphatic rings. The predicted molar refractivity (Wildman–Crippen MR) is 95.4 cm³/mol. The molecular formula is C18H25N3O2S. The smallest absolute Gasteiger partial charge is 0.251 e. The first-order valence-electron chi connectivity index (χ1n) is 8.73. The van der Waals surface area contributed by atoms with Crippen molar-refractivity contribution in [2.75, 3.05) is 13.1 Å². The van der Waals surface area contributed by atoms with Gasteiger partial charge in [0.05, 0.1) is 12.5 Å². The van der Waals surface area contributed by atoms with Gasteiger partial charge in [-0.15, -0.1) is 11.3 Å². The number of rotatable bonds is 8. The Hall–Kier alpha value is -1.82. The van der Waals surface area contributed by atoms with Gasteiger partial charge in [0.2, 0.25) is 5.91 Å². The molecule has 1 N–H and O–H groups in total. The number of nitrogens with one attached hydrogen (secondary N) is 1. The molecule has 1 fully saturated rings. The lowest BCUT2D eigenvalue weighted by Gasteiger charge is -2.41. The molecule has 24 heavy (non-hydrogen) atoms. The van der Waals surface area contributed by atoms with Crippen molar-refractivity contribution in [1.29, 1.82) is 0 Å². The first kappa shape index (κ1) is 17.0. The number of hydrogen-bond acceptors (Lipinski definition) is 4. The molecule has 0 aromatic carbocycles. The normalized spacial score (nSPS) is 22.0. The second-order valence-corrected chi connectivity index (χ2v) is 7.46. The molecule has 6 heteroatoms. The summed E-state index contributed by atoms with van der Waals surface area (Å²) in [6.45, 7) is 6.38. The Bertz CT molecular complexity index is 620. The summed E-state index contributed by atoms with van der Waals surface area (Å²) in [5, 5.41) is 4.88. The minimum atomic E-state index is -0.365. The Morgan fingerprint density at radius 1 is 1.38 bits per heavy atom. The van der Waals surface area contributed by atoms with Gasteiger partial charge in [-0.1, -0.05) is 19.9 Å². The van der Waals surface area contributed by atoms with Crippen LogP contribution in [0.4, 0.5) is 0 Å². The quantitative estimate of drug-likeness (QED) is 0.735. The van der Waals surface area contributed by atoms with Crippen molar-refractivity contribution in [2.45, 2.75) is 51.6 Å². The third-order valence-corrected chi connectivity index (χ3v) is 5.47. The van der Waals surface area contributed by atoms with Crippen LogP contribution in [0.25, 0.3) is 0 Å². The fourth-order valence-electron chi connectivity index (χ4n) is 3.47. The van der Waals surface area contributed by atoms with Crippen LogP contribution < -0.4 is 5.32 Å². The van der Waals surface area contributed by atoms with Crippen molar-refractivity contribution in [3.8, 4) is 0 Å². The molecule has 0 saturated carbocycles. The number of nitrogens with zero attached hydrogens (tertiary/aromatic N) is 2. The topological polar surface area (TPSA) is 52.6 Å². The van der Waals surface area contributed by atoms with E-state index >= 15 is 0 Å². The van der Waals surface area contributed by atoms with Crippen LogP contribution in [0.15, 0.2) is 29.4 Å². The fourth-order valence-corrected chi connectivity index (χ4v) is 4.18. The average Bonchev–Trinajstić information content (AvgIpc) is 3.20. The number of hydrogen-bond donors (Lipinski definition) is 1. The van der Waals surface area contributed by atoms with Crippen molar-refractivity contribution < 1.29 is 9.59 Å². The van der Waals surface area contributed by atoms with Gasteiger partial charge in [-0.2, -0.15) is 0 Å². The van der Waals surface area contributed by atoms with E-state index in [1.807, 2.05) is 23.7 Å². The highest BCUT2D eigenvalue weighted by molar-refractivity contribution is 7.10. The zero-order valence-corrected chi connectivity index (χ0v) is 15.1. The minimum Gasteiger partial charge on any atom is -0.374 e. The van der Waals surface area contributed by atoms with E-state index in [1.165, 1.54) is 5.70 Å². The summed E-state index contributed by atoms with van der Waals surface area (Å²) in [6.07, 6.45) is 5.37. The Balaban J connectivity index is 1.57. The van der Waals surface area contributed by atoms with Crippen LogP contribution >= 0.6 is 11.3 Å². The second kappa shape index (κ2) is 7.38. The third kappa shape index (κ3) is 3.34. The number of carbonyl (C=O) groups excluding carboxylic acids is 2. The maximum Gasteiger partial charge on any atom is 0.251 e. The van der Waals surface area contributed by atoms with Gasteiger partial charge >= 0.3 is 0 Å². The van der Waals surface area contributed by atoms with Crippen molar-refractivity contribution in [2.24, 2.45) is 0 Å². The molecule has 3 heterocycles. The van der Waals surface area contributed by atoms with E-state index in [0.29, 0.717) is 6.42 Å². The Morgan fingerprint density at radius 3 is 2.75 bits per heavy atom. The molecule has 0 spiro atoms. The van der Waals surface area contributed by atoms with Crippen LogP contribution in [0.3, 0.4) is 0 Å². The first-order chi connectivity index (χ1) is 11.6. The summed E-state index contributed by atoms with van der Waals surface area (Å²) >= 11 is 1.57. The number of carbonyl (C=O) groups is 2. The second-order valence-electron chi connectivity index (χ2n) is 6.43. The highest BCUT2D eigenvalue weighted by atomic mass is 32.1. The van der Waals surface area contributed by atoms with Crippen LogP contribution in [0.2, 0.25) is 0 Å². The summed E-state index contributed by atoms with van der Waals surface area (Å²) in [7, 11) is 0. The van der Waals surface area contributed by atoms with E-state index in [-0.39, 0.29) is 23.9 Å². The zero-order valence-electron chi connectivity index (χ0n) is 14.3. The molecule has 5 nitrogen and oxygen atoms in total.